The van der Waals surface area contributed by atoms with Crippen LogP contribution in [0, 0.1) is 0 Å². The quantitative estimate of drug-likeness (QED) is 0.0506. The van der Waals surface area contributed by atoms with Crippen LogP contribution in [-0.2, 0) is 14.6 Å². The van der Waals surface area contributed by atoms with Gasteiger partial charge in [-0.15, -0.1) is 0 Å². The SMILES string of the molecule is CCCCCCCCCCCCC(C)[N+](C)(C)CCCCCCCCCCCC.CCOS(=O)(=O)[O-]. The maximum absolute atomic E-state index is 9.45. The zero-order valence-corrected chi connectivity index (χ0v) is 26.1. The molecule has 1 atom stereocenters. The summed E-state index contributed by atoms with van der Waals surface area (Å²) in [5, 5.41) is 0. The van der Waals surface area contributed by atoms with Crippen molar-refractivity contribution in [3.8, 4) is 0 Å². The highest BCUT2D eigenvalue weighted by atomic mass is 32.3. The fourth-order valence-corrected chi connectivity index (χ4v) is 4.94. The minimum atomic E-state index is -4.42. The highest BCUT2D eigenvalue weighted by molar-refractivity contribution is 7.80. The zero-order chi connectivity index (χ0) is 27.5. The van der Waals surface area contributed by atoms with Crippen LogP contribution in [0.2, 0.25) is 0 Å². The lowest BCUT2D eigenvalue weighted by atomic mass is 10.0. The number of rotatable bonds is 25. The monoisotopic (exact) mass is 535 g/mol. The van der Waals surface area contributed by atoms with Crippen LogP contribution in [0.15, 0.2) is 0 Å². The number of hydrogen-bond donors (Lipinski definition) is 0. The van der Waals surface area contributed by atoms with Crippen LogP contribution in [-0.4, -0.2) is 50.7 Å². The van der Waals surface area contributed by atoms with Crippen LogP contribution in [0.5, 0.6) is 0 Å². The van der Waals surface area contributed by atoms with Gasteiger partial charge < -0.3 is 9.04 Å². The van der Waals surface area contributed by atoms with Crippen LogP contribution < -0.4 is 0 Å². The molecule has 0 bridgehead atoms. The third-order valence-electron chi connectivity index (χ3n) is 7.52. The van der Waals surface area contributed by atoms with Crippen molar-refractivity contribution in [2.24, 2.45) is 0 Å². The summed E-state index contributed by atoms with van der Waals surface area (Å²) in [6, 6.07) is 0.822. The van der Waals surface area contributed by atoms with Crippen LogP contribution in [0.3, 0.4) is 0 Å². The first kappa shape index (κ1) is 38.0. The van der Waals surface area contributed by atoms with Gasteiger partial charge in [-0.1, -0.05) is 123 Å². The van der Waals surface area contributed by atoms with Gasteiger partial charge in [0.2, 0.25) is 10.4 Å². The van der Waals surface area contributed by atoms with E-state index in [0.29, 0.717) is 0 Å². The van der Waals surface area contributed by atoms with Gasteiger partial charge in [-0.2, -0.15) is 0 Å². The number of unbranched alkanes of at least 4 members (excludes halogenated alkanes) is 18. The zero-order valence-electron chi connectivity index (χ0n) is 25.3. The third-order valence-corrected chi connectivity index (χ3v) is 8.04. The lowest BCUT2D eigenvalue weighted by molar-refractivity contribution is -0.913. The second-order valence-electron chi connectivity index (χ2n) is 11.3. The molecule has 0 N–H and O–H groups in total. The maximum atomic E-state index is 9.45. The van der Waals surface area contributed by atoms with E-state index < -0.39 is 10.4 Å². The Balaban J connectivity index is 0. The second-order valence-corrected chi connectivity index (χ2v) is 12.4. The summed E-state index contributed by atoms with van der Waals surface area (Å²) in [4.78, 5) is 0. The van der Waals surface area contributed by atoms with Crippen molar-refractivity contribution in [3.63, 3.8) is 0 Å². The van der Waals surface area contributed by atoms with E-state index in [2.05, 4.69) is 39.0 Å². The molecule has 0 spiro atoms. The first-order valence-corrected chi connectivity index (χ1v) is 16.9. The fourth-order valence-electron chi connectivity index (χ4n) is 4.65. The minimum absolute atomic E-state index is 0.0914. The van der Waals surface area contributed by atoms with Crippen molar-refractivity contribution in [2.45, 2.75) is 169 Å². The lowest BCUT2D eigenvalue weighted by Gasteiger charge is -2.36. The predicted octanol–water partition coefficient (Wildman–Crippen LogP) is 9.17. The van der Waals surface area contributed by atoms with E-state index in [0.717, 1.165) is 6.04 Å². The molecule has 0 radical (unpaired) electrons. The van der Waals surface area contributed by atoms with E-state index in [1.54, 1.807) is 0 Å². The van der Waals surface area contributed by atoms with Crippen molar-refractivity contribution < 1.29 is 21.6 Å². The summed E-state index contributed by atoms with van der Waals surface area (Å²) >= 11 is 0. The average molecular weight is 536 g/mol. The Kier molecular flexibility index (Phi) is 27.9. The molecule has 1 unspecified atom stereocenters. The Morgan fingerprint density at radius 2 is 0.944 bits per heavy atom. The molecule has 0 aliphatic rings. The van der Waals surface area contributed by atoms with Gasteiger partial charge in [0.25, 0.3) is 0 Å². The van der Waals surface area contributed by atoms with Crippen LogP contribution in [0.25, 0.3) is 0 Å². The number of hydrogen-bond acceptors (Lipinski definition) is 4. The number of quaternary nitrogens is 1. The van der Waals surface area contributed by atoms with Gasteiger partial charge in [0.1, 0.15) is 0 Å². The van der Waals surface area contributed by atoms with Crippen LogP contribution in [0.4, 0.5) is 0 Å². The third kappa shape index (κ3) is 30.1. The normalized spacial score (nSPS) is 12.9. The standard InChI is InChI=1S/C28H60N.C2H6O4S/c1-6-8-10-12-14-16-18-20-22-24-26-28(3)29(4,5)27-25-23-21-19-17-15-13-11-9-7-2;1-2-6-7(3,4)5/h28H,6-27H2,1-5H3;2H2,1H3,(H,3,4,5)/q+1;/p-1. The van der Waals surface area contributed by atoms with Gasteiger partial charge in [-0.25, -0.2) is 8.42 Å². The van der Waals surface area contributed by atoms with Crippen LogP contribution in [0.1, 0.15) is 163 Å². The Hall–Kier alpha value is -0.170. The van der Waals surface area contributed by atoms with Gasteiger partial charge in [0.05, 0.1) is 33.3 Å². The molecule has 0 aliphatic carbocycles. The molecule has 0 rings (SSSR count). The first-order chi connectivity index (χ1) is 17.1. The molecule has 0 saturated heterocycles. The second kappa shape index (κ2) is 26.4. The summed E-state index contributed by atoms with van der Waals surface area (Å²) in [7, 11) is 0.510. The van der Waals surface area contributed by atoms with Crippen molar-refractivity contribution in [3.05, 3.63) is 0 Å². The largest absolute Gasteiger partial charge is 0.726 e. The van der Waals surface area contributed by atoms with Gasteiger partial charge in [0, 0.05) is 0 Å². The molecule has 0 aromatic heterocycles. The molecule has 0 fully saturated rings. The van der Waals surface area contributed by atoms with E-state index >= 15 is 0 Å². The van der Waals surface area contributed by atoms with E-state index in [1.807, 2.05) is 0 Å². The van der Waals surface area contributed by atoms with E-state index in [-0.39, 0.29) is 6.61 Å². The molecule has 6 heteroatoms. The van der Waals surface area contributed by atoms with Gasteiger partial charge in [0.15, 0.2) is 0 Å². The van der Waals surface area contributed by atoms with E-state index in [4.69, 9.17) is 0 Å². The summed E-state index contributed by atoms with van der Waals surface area (Å²) in [5.41, 5.74) is 0. The molecule has 36 heavy (non-hydrogen) atoms. The topological polar surface area (TPSA) is 66.4 Å². The van der Waals surface area contributed by atoms with Gasteiger partial charge in [-0.3, -0.25) is 4.18 Å². The average Bonchev–Trinajstić information content (AvgIpc) is 2.81. The molecule has 5 nitrogen and oxygen atoms in total. The fraction of sp³-hybridized carbons (Fsp3) is 1.00. The van der Waals surface area contributed by atoms with Gasteiger partial charge in [-0.05, 0) is 39.5 Å². The Labute approximate surface area is 227 Å². The Morgan fingerprint density at radius 3 is 1.25 bits per heavy atom. The van der Waals surface area contributed by atoms with E-state index in [1.165, 1.54) is 153 Å². The molecule has 0 aromatic rings. The summed E-state index contributed by atoms with van der Waals surface area (Å²) < 4.78 is 33.2. The molecular weight excluding hydrogens is 470 g/mol. The first-order valence-electron chi connectivity index (χ1n) is 15.5. The molecule has 0 amide bonds. The molecule has 0 aliphatic heterocycles. The van der Waals surface area contributed by atoms with Gasteiger partial charge >= 0.3 is 0 Å². The number of nitrogens with zero attached hydrogens (tertiary/aromatic N) is 1. The highest BCUT2D eigenvalue weighted by Gasteiger charge is 2.22. The Bertz CT molecular complexity index is 537. The summed E-state index contributed by atoms with van der Waals surface area (Å²) in [6.45, 7) is 9.80. The predicted molar refractivity (Wildman–Crippen MR) is 156 cm³/mol. The molecule has 0 aromatic carbocycles. The molecule has 220 valence electrons. The van der Waals surface area contributed by atoms with Crippen molar-refractivity contribution in [2.75, 3.05) is 27.2 Å². The van der Waals surface area contributed by atoms with Crippen molar-refractivity contribution >= 4 is 10.4 Å². The van der Waals surface area contributed by atoms with Crippen LogP contribution >= 0.6 is 0 Å². The smallest absolute Gasteiger partial charge is 0.217 e. The molecule has 0 heterocycles. The summed E-state index contributed by atoms with van der Waals surface area (Å²) in [5.74, 6) is 0. The van der Waals surface area contributed by atoms with E-state index in [9.17, 15) is 13.0 Å². The molecule has 0 saturated carbocycles. The van der Waals surface area contributed by atoms with Crippen molar-refractivity contribution in [1.82, 2.24) is 0 Å². The Morgan fingerprint density at radius 1 is 0.611 bits per heavy atom. The maximum Gasteiger partial charge on any atom is 0.217 e. The molecular formula is C30H65NO4S. The lowest BCUT2D eigenvalue weighted by Crippen LogP contribution is -2.47. The highest BCUT2D eigenvalue weighted by Crippen LogP contribution is 2.18. The van der Waals surface area contributed by atoms with Crippen molar-refractivity contribution in [1.29, 1.82) is 0 Å². The summed E-state index contributed by atoms with van der Waals surface area (Å²) in [6.07, 6.45) is 30.4. The minimum Gasteiger partial charge on any atom is -0.726 e.